The van der Waals surface area contributed by atoms with Crippen LogP contribution in [0.25, 0.3) is 16.7 Å². The number of hydrogen-bond acceptors (Lipinski definition) is 7. The van der Waals surface area contributed by atoms with Crippen molar-refractivity contribution in [1.29, 1.82) is 0 Å². The molecule has 194 valence electrons. The van der Waals surface area contributed by atoms with Crippen LogP contribution in [0.4, 0.5) is 11.5 Å². The van der Waals surface area contributed by atoms with Crippen molar-refractivity contribution in [3.05, 3.63) is 71.1 Å². The number of rotatable bonds is 10. The van der Waals surface area contributed by atoms with Crippen LogP contribution in [0.3, 0.4) is 0 Å². The monoisotopic (exact) mass is 562 g/mol. The minimum atomic E-state index is -4.28. The van der Waals surface area contributed by atoms with Gasteiger partial charge in [-0.3, -0.25) is 13.7 Å². The second kappa shape index (κ2) is 10.9. The summed E-state index contributed by atoms with van der Waals surface area (Å²) in [4.78, 5) is 22.3. The van der Waals surface area contributed by atoms with Crippen LogP contribution in [0.15, 0.2) is 66.0 Å². The van der Waals surface area contributed by atoms with E-state index >= 15 is 0 Å². The highest BCUT2D eigenvalue weighted by Gasteiger charge is 2.28. The second-order valence-corrected chi connectivity index (χ2v) is 11.2. The molecule has 2 aromatic heterocycles. The first-order valence-corrected chi connectivity index (χ1v) is 13.3. The number of aromatic nitrogens is 3. The average molecular weight is 563 g/mol. The Morgan fingerprint density at radius 3 is 2.41 bits per heavy atom. The second-order valence-electron chi connectivity index (χ2n) is 8.43. The van der Waals surface area contributed by atoms with E-state index in [-0.39, 0.29) is 20.6 Å². The summed E-state index contributed by atoms with van der Waals surface area (Å²) in [7, 11) is -0.305. The summed E-state index contributed by atoms with van der Waals surface area (Å²) in [5, 5.41) is 13.6. The number of nitrogens with one attached hydrogen (secondary N) is 1. The van der Waals surface area contributed by atoms with Crippen molar-refractivity contribution < 1.29 is 18.3 Å². The van der Waals surface area contributed by atoms with Crippen molar-refractivity contribution in [1.82, 2.24) is 19.4 Å². The average Bonchev–Trinajstić information content (AvgIpc) is 3.25. The molecule has 0 spiro atoms. The SMILES string of the molecule is CN(C)CCNc1cnc(-n2ccc3cc(N(CC(=O)O)S(=O)(=O)c4cc(Cl)cc(Cl)c4)ccc32)cn1. The summed E-state index contributed by atoms with van der Waals surface area (Å²) in [5.74, 6) is -0.0894. The van der Waals surface area contributed by atoms with Crippen LogP contribution < -0.4 is 9.62 Å². The van der Waals surface area contributed by atoms with Gasteiger partial charge in [0.15, 0.2) is 5.82 Å². The molecule has 4 aromatic rings. The molecule has 4 rings (SSSR count). The summed E-state index contributed by atoms with van der Waals surface area (Å²) < 4.78 is 29.4. The number of halogens is 2. The number of sulfonamides is 1. The molecule has 0 radical (unpaired) electrons. The molecule has 0 fully saturated rings. The minimum Gasteiger partial charge on any atom is -0.480 e. The smallest absolute Gasteiger partial charge is 0.324 e. The lowest BCUT2D eigenvalue weighted by molar-refractivity contribution is -0.135. The number of benzene rings is 2. The Bertz CT molecular complexity index is 1520. The van der Waals surface area contributed by atoms with E-state index in [1.165, 1.54) is 24.3 Å². The fourth-order valence-corrected chi connectivity index (χ4v) is 5.81. The van der Waals surface area contributed by atoms with Crippen LogP contribution in [0.2, 0.25) is 10.0 Å². The fraction of sp³-hybridized carbons (Fsp3) is 0.208. The van der Waals surface area contributed by atoms with Gasteiger partial charge in [0.05, 0.1) is 28.5 Å². The normalized spacial score (nSPS) is 11.7. The molecule has 0 saturated heterocycles. The largest absolute Gasteiger partial charge is 0.480 e. The van der Waals surface area contributed by atoms with E-state index in [1.54, 1.807) is 36.8 Å². The number of likely N-dealkylation sites (N-methyl/N-ethyl adjacent to an activating group) is 1. The van der Waals surface area contributed by atoms with Crippen LogP contribution in [0.5, 0.6) is 0 Å². The van der Waals surface area contributed by atoms with Gasteiger partial charge < -0.3 is 15.3 Å². The molecular formula is C24H24Cl2N6O4S. The number of fused-ring (bicyclic) bond motifs is 1. The number of carboxylic acids is 1. The van der Waals surface area contributed by atoms with E-state index in [2.05, 4.69) is 20.2 Å². The van der Waals surface area contributed by atoms with Crippen LogP contribution in [-0.4, -0.2) is 72.7 Å². The maximum atomic E-state index is 13.4. The Morgan fingerprint density at radius 2 is 1.78 bits per heavy atom. The highest BCUT2D eigenvalue weighted by atomic mass is 35.5. The van der Waals surface area contributed by atoms with Gasteiger partial charge in [-0.1, -0.05) is 23.2 Å². The molecular weight excluding hydrogens is 539 g/mol. The molecule has 2 heterocycles. The van der Waals surface area contributed by atoms with Crippen LogP contribution in [0, 0.1) is 0 Å². The van der Waals surface area contributed by atoms with Gasteiger partial charge in [0.2, 0.25) is 0 Å². The van der Waals surface area contributed by atoms with Crippen molar-refractivity contribution in [3.63, 3.8) is 0 Å². The van der Waals surface area contributed by atoms with E-state index in [4.69, 9.17) is 23.2 Å². The third-order valence-electron chi connectivity index (χ3n) is 5.41. The van der Waals surface area contributed by atoms with Gasteiger partial charge in [-0.15, -0.1) is 0 Å². The molecule has 0 unspecified atom stereocenters. The topological polar surface area (TPSA) is 121 Å². The van der Waals surface area contributed by atoms with E-state index in [1.807, 2.05) is 18.7 Å². The van der Waals surface area contributed by atoms with Crippen molar-refractivity contribution in [3.8, 4) is 5.82 Å². The quantitative estimate of drug-likeness (QED) is 0.297. The molecule has 0 aliphatic heterocycles. The van der Waals surface area contributed by atoms with Gasteiger partial charge in [0.1, 0.15) is 12.4 Å². The number of anilines is 2. The summed E-state index contributed by atoms with van der Waals surface area (Å²) in [6, 6.07) is 10.5. The van der Waals surface area contributed by atoms with E-state index in [0.717, 1.165) is 22.9 Å². The molecule has 37 heavy (non-hydrogen) atoms. The fourth-order valence-electron chi connectivity index (χ4n) is 3.67. The molecule has 2 aromatic carbocycles. The molecule has 0 amide bonds. The number of aliphatic carboxylic acids is 1. The Labute approximate surface area is 224 Å². The summed E-state index contributed by atoms with van der Waals surface area (Å²) in [6.07, 6.45) is 5.06. The van der Waals surface area contributed by atoms with Crippen molar-refractivity contribution in [2.24, 2.45) is 0 Å². The molecule has 13 heteroatoms. The zero-order valence-corrected chi connectivity index (χ0v) is 22.3. The predicted octanol–water partition coefficient (Wildman–Crippen LogP) is 3.98. The molecule has 0 bridgehead atoms. The van der Waals surface area contributed by atoms with Crippen LogP contribution >= 0.6 is 23.2 Å². The Morgan fingerprint density at radius 1 is 1.05 bits per heavy atom. The number of carbonyl (C=O) groups is 1. The third kappa shape index (κ3) is 6.13. The summed E-state index contributed by atoms with van der Waals surface area (Å²) in [5.41, 5.74) is 0.917. The van der Waals surface area contributed by atoms with Crippen molar-refractivity contribution >= 4 is 61.6 Å². The van der Waals surface area contributed by atoms with Crippen molar-refractivity contribution in [2.45, 2.75) is 4.90 Å². The van der Waals surface area contributed by atoms with Gasteiger partial charge in [-0.05, 0) is 56.6 Å². The van der Waals surface area contributed by atoms with Gasteiger partial charge in [0.25, 0.3) is 10.0 Å². The third-order valence-corrected chi connectivity index (χ3v) is 7.60. The van der Waals surface area contributed by atoms with Gasteiger partial charge >= 0.3 is 5.97 Å². The molecule has 0 atom stereocenters. The first-order valence-electron chi connectivity index (χ1n) is 11.1. The molecule has 0 saturated carbocycles. The lowest BCUT2D eigenvalue weighted by Gasteiger charge is -2.23. The zero-order valence-electron chi connectivity index (χ0n) is 20.0. The maximum absolute atomic E-state index is 13.4. The van der Waals surface area contributed by atoms with E-state index in [0.29, 0.717) is 17.0 Å². The van der Waals surface area contributed by atoms with Gasteiger partial charge in [-0.2, -0.15) is 0 Å². The first kappa shape index (κ1) is 26.7. The minimum absolute atomic E-state index is 0.119. The lowest BCUT2D eigenvalue weighted by Crippen LogP contribution is -2.35. The highest BCUT2D eigenvalue weighted by molar-refractivity contribution is 7.92. The number of carboxylic acid groups (broad SMARTS) is 1. The first-order chi connectivity index (χ1) is 17.5. The highest BCUT2D eigenvalue weighted by Crippen LogP contribution is 2.31. The standard InChI is InChI=1S/C24H24Cl2N6O4S/c1-30(2)8-6-27-22-13-29-23(14-28-22)31-7-5-16-9-19(3-4-21(16)31)32(15-24(33)34)37(35,36)20-11-17(25)10-18(26)12-20/h3-5,7,9-14H,6,8,15H2,1-2H3,(H,27,28)(H,33,34). The Kier molecular flexibility index (Phi) is 7.88. The van der Waals surface area contributed by atoms with E-state index in [9.17, 15) is 18.3 Å². The molecule has 2 N–H and O–H groups in total. The number of hydrogen-bond donors (Lipinski definition) is 2. The lowest BCUT2D eigenvalue weighted by atomic mass is 10.2. The summed E-state index contributed by atoms with van der Waals surface area (Å²) in [6.45, 7) is 0.798. The Balaban J connectivity index is 1.66. The summed E-state index contributed by atoms with van der Waals surface area (Å²) >= 11 is 12.0. The van der Waals surface area contributed by atoms with Gasteiger partial charge in [-0.25, -0.2) is 18.4 Å². The van der Waals surface area contributed by atoms with Crippen LogP contribution in [0.1, 0.15) is 0 Å². The predicted molar refractivity (Wildman–Crippen MR) is 145 cm³/mol. The Hall–Kier alpha value is -3.38. The molecule has 0 aliphatic carbocycles. The molecule has 0 aliphatic rings. The maximum Gasteiger partial charge on any atom is 0.324 e. The van der Waals surface area contributed by atoms with Crippen LogP contribution in [-0.2, 0) is 14.8 Å². The van der Waals surface area contributed by atoms with Gasteiger partial charge in [0, 0.05) is 34.7 Å². The zero-order chi connectivity index (χ0) is 26.7. The van der Waals surface area contributed by atoms with Crippen molar-refractivity contribution in [2.75, 3.05) is 43.4 Å². The number of nitrogens with zero attached hydrogens (tertiary/aromatic N) is 5. The molecule has 10 nitrogen and oxygen atoms in total. The van der Waals surface area contributed by atoms with E-state index < -0.39 is 22.5 Å².